The number of aliphatic hydroxyl groups excluding tert-OH is 2. The first-order valence-corrected chi connectivity index (χ1v) is 7.37. The van der Waals surface area contributed by atoms with Gasteiger partial charge in [-0.1, -0.05) is 0 Å². The largest absolute Gasteiger partial charge is 0.439 e. The van der Waals surface area contributed by atoms with Crippen molar-refractivity contribution in [2.75, 3.05) is 55.0 Å². The number of nitrogen functional groups attached to an aromatic ring is 1. The third-order valence-corrected chi connectivity index (χ3v) is 3.89. The van der Waals surface area contributed by atoms with Crippen LogP contribution < -0.4 is 15.6 Å². The van der Waals surface area contributed by atoms with Crippen LogP contribution in [0.4, 0.5) is 11.7 Å². The molecular formula is C14H22N4O3. The van der Waals surface area contributed by atoms with Gasteiger partial charge in [0.25, 0.3) is 0 Å². The first-order valence-electron chi connectivity index (χ1n) is 7.37. The molecule has 7 heteroatoms. The molecule has 1 fully saturated rings. The Morgan fingerprint density at radius 3 is 2.43 bits per heavy atom. The summed E-state index contributed by atoms with van der Waals surface area (Å²) in [5, 5.41) is 20.5. The molecule has 0 saturated carbocycles. The second-order valence-corrected chi connectivity index (χ2v) is 5.31. The first-order chi connectivity index (χ1) is 10.2. The minimum absolute atomic E-state index is 0.0203. The van der Waals surface area contributed by atoms with Gasteiger partial charge in [0.1, 0.15) is 11.3 Å². The van der Waals surface area contributed by atoms with Crippen molar-refractivity contribution in [2.45, 2.75) is 12.8 Å². The van der Waals surface area contributed by atoms with Gasteiger partial charge in [0, 0.05) is 25.2 Å². The molecule has 21 heavy (non-hydrogen) atoms. The van der Waals surface area contributed by atoms with Crippen LogP contribution >= 0.6 is 0 Å². The van der Waals surface area contributed by atoms with Crippen LogP contribution in [-0.2, 0) is 0 Å². The maximum atomic E-state index is 9.30. The monoisotopic (exact) mass is 294 g/mol. The minimum Gasteiger partial charge on any atom is -0.439 e. The van der Waals surface area contributed by atoms with Crippen molar-refractivity contribution in [1.29, 1.82) is 0 Å². The molecule has 2 aromatic rings. The molecule has 0 radical (unpaired) electrons. The Labute approximate surface area is 123 Å². The molecule has 0 amide bonds. The predicted molar refractivity (Wildman–Crippen MR) is 82.2 cm³/mol. The van der Waals surface area contributed by atoms with Gasteiger partial charge in [-0.2, -0.15) is 0 Å². The van der Waals surface area contributed by atoms with Gasteiger partial charge in [0.05, 0.1) is 26.3 Å². The summed E-state index contributed by atoms with van der Waals surface area (Å²) in [6.45, 7) is 2.94. The molecule has 1 aliphatic rings. The summed E-state index contributed by atoms with van der Waals surface area (Å²) in [5.74, 6) is 1.40. The van der Waals surface area contributed by atoms with E-state index in [1.165, 1.54) is 12.8 Å². The summed E-state index contributed by atoms with van der Waals surface area (Å²) in [6, 6.07) is 3.77. The minimum atomic E-state index is 0.0203. The van der Waals surface area contributed by atoms with E-state index in [-0.39, 0.29) is 13.2 Å². The second kappa shape index (κ2) is 5.87. The van der Waals surface area contributed by atoms with Crippen LogP contribution in [0.2, 0.25) is 0 Å². The van der Waals surface area contributed by atoms with Crippen molar-refractivity contribution < 1.29 is 14.6 Å². The third kappa shape index (κ3) is 2.54. The Bertz CT molecular complexity index is 595. The van der Waals surface area contributed by atoms with Gasteiger partial charge in [0.2, 0.25) is 0 Å². The number of aliphatic hydroxyl groups is 2. The molecule has 0 atom stereocenters. The van der Waals surface area contributed by atoms with Gasteiger partial charge in [0.15, 0.2) is 11.5 Å². The zero-order valence-electron chi connectivity index (χ0n) is 12.0. The van der Waals surface area contributed by atoms with Crippen molar-refractivity contribution >= 4 is 22.8 Å². The Kier molecular flexibility index (Phi) is 3.94. The molecule has 3 heterocycles. The van der Waals surface area contributed by atoms with E-state index in [1.807, 2.05) is 15.8 Å². The van der Waals surface area contributed by atoms with Crippen LogP contribution in [0, 0.1) is 0 Å². The smallest absolute Gasteiger partial charge is 0.193 e. The predicted octanol–water partition coefficient (Wildman–Crippen LogP) is 0.339. The van der Waals surface area contributed by atoms with E-state index in [2.05, 4.69) is 4.90 Å². The molecule has 116 valence electrons. The normalized spacial score (nSPS) is 15.2. The zero-order chi connectivity index (χ0) is 14.8. The number of furan rings is 1. The van der Waals surface area contributed by atoms with E-state index >= 15 is 0 Å². The molecule has 0 aromatic carbocycles. The summed E-state index contributed by atoms with van der Waals surface area (Å²) >= 11 is 0. The number of nitrogens with zero attached hydrogens (tertiary/aromatic N) is 3. The molecule has 2 aromatic heterocycles. The highest BCUT2D eigenvalue weighted by Crippen LogP contribution is 2.32. The van der Waals surface area contributed by atoms with Gasteiger partial charge in [-0.05, 0) is 12.8 Å². The van der Waals surface area contributed by atoms with Gasteiger partial charge < -0.3 is 30.3 Å². The van der Waals surface area contributed by atoms with Crippen LogP contribution in [-0.4, -0.2) is 54.3 Å². The molecule has 3 rings (SSSR count). The van der Waals surface area contributed by atoms with Crippen molar-refractivity contribution in [3.8, 4) is 0 Å². The van der Waals surface area contributed by atoms with E-state index in [1.54, 1.807) is 6.07 Å². The molecular weight excluding hydrogens is 272 g/mol. The van der Waals surface area contributed by atoms with Crippen molar-refractivity contribution in [3.63, 3.8) is 0 Å². The maximum absolute atomic E-state index is 9.30. The number of rotatable bonds is 6. The fourth-order valence-electron chi connectivity index (χ4n) is 3.00. The van der Waals surface area contributed by atoms with Crippen molar-refractivity contribution in [2.24, 2.45) is 0 Å². The SMILES string of the molecule is Nc1cc2c(cc(N3CCCC3)n2N(CCO)CCO)o1. The van der Waals surface area contributed by atoms with Crippen LogP contribution in [0.1, 0.15) is 12.8 Å². The summed E-state index contributed by atoms with van der Waals surface area (Å²) in [5.41, 5.74) is 7.35. The zero-order valence-corrected chi connectivity index (χ0v) is 12.0. The summed E-state index contributed by atoms with van der Waals surface area (Å²) in [6.07, 6.45) is 2.35. The molecule has 1 saturated heterocycles. The van der Waals surface area contributed by atoms with Gasteiger partial charge in [-0.25, -0.2) is 4.68 Å². The number of aromatic nitrogens is 1. The molecule has 7 nitrogen and oxygen atoms in total. The lowest BCUT2D eigenvalue weighted by Gasteiger charge is -2.30. The summed E-state index contributed by atoms with van der Waals surface area (Å²) in [7, 11) is 0. The number of anilines is 2. The topological polar surface area (TPSA) is 91.0 Å². The van der Waals surface area contributed by atoms with Crippen LogP contribution in [0.3, 0.4) is 0 Å². The van der Waals surface area contributed by atoms with Gasteiger partial charge in [-0.15, -0.1) is 0 Å². The molecule has 0 aliphatic carbocycles. The fraction of sp³-hybridized carbons (Fsp3) is 0.571. The number of fused-ring (bicyclic) bond motifs is 1. The Morgan fingerprint density at radius 1 is 1.14 bits per heavy atom. The quantitative estimate of drug-likeness (QED) is 0.711. The van der Waals surface area contributed by atoms with Crippen molar-refractivity contribution in [3.05, 3.63) is 12.1 Å². The highest BCUT2D eigenvalue weighted by Gasteiger charge is 2.23. The standard InChI is InChI=1S/C14H22N4O3/c15-13-9-11-12(21-13)10-14(16-3-1-2-4-16)18(11)17(5-7-19)6-8-20/h9-10,19-20H,1-8,15H2. The van der Waals surface area contributed by atoms with E-state index in [0.29, 0.717) is 19.0 Å². The van der Waals surface area contributed by atoms with Crippen LogP contribution in [0.15, 0.2) is 16.5 Å². The first kappa shape index (κ1) is 14.1. The molecule has 1 aliphatic heterocycles. The van der Waals surface area contributed by atoms with Crippen LogP contribution in [0.25, 0.3) is 11.1 Å². The third-order valence-electron chi connectivity index (χ3n) is 3.89. The molecule has 0 unspecified atom stereocenters. The number of hydrogen-bond acceptors (Lipinski definition) is 6. The average Bonchev–Trinajstić information content (AvgIpc) is 3.12. The van der Waals surface area contributed by atoms with Gasteiger partial charge in [-0.3, -0.25) is 0 Å². The Balaban J connectivity index is 2.07. The van der Waals surface area contributed by atoms with E-state index < -0.39 is 0 Å². The average molecular weight is 294 g/mol. The highest BCUT2D eigenvalue weighted by atomic mass is 16.3. The highest BCUT2D eigenvalue weighted by molar-refractivity contribution is 5.83. The van der Waals surface area contributed by atoms with E-state index in [4.69, 9.17) is 10.2 Å². The summed E-state index contributed by atoms with van der Waals surface area (Å²) in [4.78, 5) is 2.30. The van der Waals surface area contributed by atoms with E-state index in [0.717, 1.165) is 30.0 Å². The molecule has 0 spiro atoms. The van der Waals surface area contributed by atoms with Gasteiger partial charge >= 0.3 is 0 Å². The Morgan fingerprint density at radius 2 is 1.81 bits per heavy atom. The maximum Gasteiger partial charge on any atom is 0.193 e. The van der Waals surface area contributed by atoms with E-state index in [9.17, 15) is 10.2 Å². The number of nitrogens with two attached hydrogens (primary N) is 1. The van der Waals surface area contributed by atoms with Crippen molar-refractivity contribution in [1.82, 2.24) is 4.68 Å². The molecule has 4 N–H and O–H groups in total. The van der Waals surface area contributed by atoms with Crippen LogP contribution in [0.5, 0.6) is 0 Å². The fourth-order valence-corrected chi connectivity index (χ4v) is 3.00. The molecule has 0 bridgehead atoms. The lowest BCUT2D eigenvalue weighted by atomic mass is 10.4. The second-order valence-electron chi connectivity index (χ2n) is 5.31. The lowest BCUT2D eigenvalue weighted by molar-refractivity contribution is 0.266. The summed E-state index contributed by atoms with van der Waals surface area (Å²) < 4.78 is 7.54. The Hall–Kier alpha value is -1.86. The lowest BCUT2D eigenvalue weighted by Crippen LogP contribution is -2.41. The number of hydrogen-bond donors (Lipinski definition) is 3.